The molecule has 2 rings (SSSR count). The highest BCUT2D eigenvalue weighted by Crippen LogP contribution is 2.26. The van der Waals surface area contributed by atoms with Crippen molar-refractivity contribution in [2.24, 2.45) is 0 Å². The van der Waals surface area contributed by atoms with Gasteiger partial charge in [0.1, 0.15) is 0 Å². The topological polar surface area (TPSA) is 35.6 Å². The van der Waals surface area contributed by atoms with Crippen molar-refractivity contribution in [1.82, 2.24) is 9.80 Å². The summed E-state index contributed by atoms with van der Waals surface area (Å²) < 4.78 is 1.13. The summed E-state index contributed by atoms with van der Waals surface area (Å²) in [7, 11) is 3.58. The van der Waals surface area contributed by atoms with E-state index in [0.717, 1.165) is 40.2 Å². The fourth-order valence-electron chi connectivity index (χ4n) is 2.32. The van der Waals surface area contributed by atoms with Gasteiger partial charge in [-0.15, -0.1) is 0 Å². The zero-order valence-corrected chi connectivity index (χ0v) is 14.6. The van der Waals surface area contributed by atoms with E-state index in [1.54, 1.807) is 19.0 Å². The fraction of sp³-hybridized carbons (Fsp3) is 0.500. The molecule has 1 aliphatic heterocycles. The van der Waals surface area contributed by atoms with Crippen LogP contribution < -0.4 is 5.32 Å². The van der Waals surface area contributed by atoms with Crippen LogP contribution in [-0.2, 0) is 0 Å². The first-order valence-corrected chi connectivity index (χ1v) is 8.11. The number of benzene rings is 1. The molecule has 0 unspecified atom stereocenters. The summed E-state index contributed by atoms with van der Waals surface area (Å²) in [6, 6.07) is 6.48. The van der Waals surface area contributed by atoms with Crippen LogP contribution in [0.4, 0.5) is 10.5 Å². The molecule has 1 fully saturated rings. The molecule has 1 aromatic carbocycles. The molecule has 1 heterocycles. The lowest BCUT2D eigenvalue weighted by molar-refractivity contribution is 0.158. The number of urea groups is 1. The third-order valence-corrected chi connectivity index (χ3v) is 4.42. The molecule has 20 heavy (non-hydrogen) atoms. The van der Waals surface area contributed by atoms with Gasteiger partial charge in [0.2, 0.25) is 0 Å². The number of amides is 2. The van der Waals surface area contributed by atoms with Crippen LogP contribution in [0.2, 0.25) is 5.02 Å². The van der Waals surface area contributed by atoms with Crippen LogP contribution >= 0.6 is 34.2 Å². The molecule has 1 saturated heterocycles. The van der Waals surface area contributed by atoms with E-state index < -0.39 is 0 Å². The monoisotopic (exact) mass is 407 g/mol. The first-order chi connectivity index (χ1) is 9.47. The van der Waals surface area contributed by atoms with Crippen molar-refractivity contribution >= 4 is 45.9 Å². The minimum absolute atomic E-state index is 0.0933. The Hall–Kier alpha value is -0.690. The molecule has 0 spiro atoms. The number of piperidine rings is 1. The zero-order valence-electron chi connectivity index (χ0n) is 11.7. The Morgan fingerprint density at radius 2 is 2.05 bits per heavy atom. The quantitative estimate of drug-likeness (QED) is 0.762. The van der Waals surface area contributed by atoms with Crippen molar-refractivity contribution in [2.45, 2.75) is 18.9 Å². The Balaban J connectivity index is 1.90. The van der Waals surface area contributed by atoms with Crippen LogP contribution in [0.25, 0.3) is 0 Å². The molecule has 0 bridgehead atoms. The van der Waals surface area contributed by atoms with E-state index in [1.165, 1.54) is 0 Å². The lowest BCUT2D eigenvalue weighted by atomic mass is 10.0. The summed E-state index contributed by atoms with van der Waals surface area (Å²) in [6.45, 7) is 1.58. The second-order valence-corrected chi connectivity index (χ2v) is 6.86. The predicted octanol–water partition coefficient (Wildman–Crippen LogP) is 3.50. The van der Waals surface area contributed by atoms with E-state index in [2.05, 4.69) is 27.9 Å². The Morgan fingerprint density at radius 3 is 2.60 bits per heavy atom. The van der Waals surface area contributed by atoms with E-state index in [4.69, 9.17) is 11.6 Å². The Morgan fingerprint density at radius 1 is 1.40 bits per heavy atom. The maximum Gasteiger partial charge on any atom is 0.319 e. The number of likely N-dealkylation sites (tertiary alicyclic amines) is 1. The van der Waals surface area contributed by atoms with E-state index in [1.807, 2.05) is 23.1 Å². The van der Waals surface area contributed by atoms with Crippen LogP contribution in [0.1, 0.15) is 12.8 Å². The number of carbonyl (C=O) groups is 1. The Kier molecular flexibility index (Phi) is 5.37. The largest absolute Gasteiger partial charge is 0.381 e. The van der Waals surface area contributed by atoms with E-state index in [9.17, 15) is 4.79 Å². The van der Waals surface area contributed by atoms with Gasteiger partial charge in [-0.25, -0.2) is 4.79 Å². The zero-order chi connectivity index (χ0) is 14.7. The van der Waals surface area contributed by atoms with E-state index in [-0.39, 0.29) is 6.03 Å². The molecule has 0 aliphatic carbocycles. The average molecular weight is 408 g/mol. The van der Waals surface area contributed by atoms with Gasteiger partial charge in [-0.1, -0.05) is 11.6 Å². The molecule has 1 N–H and O–H groups in total. The minimum atomic E-state index is 0.0933. The summed E-state index contributed by atoms with van der Waals surface area (Å²) in [5.74, 6) is 0. The second-order valence-electron chi connectivity index (χ2n) is 5.21. The van der Waals surface area contributed by atoms with E-state index in [0.29, 0.717) is 6.04 Å². The normalized spacial score (nSPS) is 16.1. The lowest BCUT2D eigenvalue weighted by Crippen LogP contribution is -2.46. The fourth-order valence-corrected chi connectivity index (χ4v) is 3.23. The minimum Gasteiger partial charge on any atom is -0.381 e. The molecule has 4 nitrogen and oxygen atoms in total. The summed E-state index contributed by atoms with van der Waals surface area (Å²) in [5.41, 5.74) is 0.976. The van der Waals surface area contributed by atoms with Crippen LogP contribution in [0.15, 0.2) is 18.2 Å². The standard InChI is InChI=1S/C14H19ClIN3O/c1-18(2)14(20)19-7-5-11(6-8-19)17-13-4-3-10(16)9-12(13)15/h3-4,9,11,17H,5-8H2,1-2H3. The molecule has 0 atom stereocenters. The Bertz CT molecular complexity index is 487. The van der Waals surface area contributed by atoms with Crippen LogP contribution in [0.3, 0.4) is 0 Å². The molecule has 0 aromatic heterocycles. The number of carbonyl (C=O) groups excluding carboxylic acids is 1. The molecule has 1 aliphatic rings. The van der Waals surface area contributed by atoms with Gasteiger partial charge in [-0.3, -0.25) is 0 Å². The Labute approximate surface area is 138 Å². The molecule has 2 amide bonds. The van der Waals surface area contributed by atoms with Gasteiger partial charge in [0, 0.05) is 36.8 Å². The molecule has 0 radical (unpaired) electrons. The van der Waals surface area contributed by atoms with Crippen molar-refractivity contribution in [1.29, 1.82) is 0 Å². The summed E-state index contributed by atoms with van der Waals surface area (Å²) >= 11 is 8.48. The van der Waals surface area contributed by atoms with Gasteiger partial charge >= 0.3 is 6.03 Å². The molecule has 0 saturated carbocycles. The van der Waals surface area contributed by atoms with Crippen molar-refractivity contribution < 1.29 is 4.79 Å². The summed E-state index contributed by atoms with van der Waals surface area (Å²) in [6.07, 6.45) is 1.89. The van der Waals surface area contributed by atoms with Crippen molar-refractivity contribution in [3.8, 4) is 0 Å². The highest BCUT2D eigenvalue weighted by molar-refractivity contribution is 14.1. The van der Waals surface area contributed by atoms with Crippen LogP contribution in [-0.4, -0.2) is 49.1 Å². The highest BCUT2D eigenvalue weighted by Gasteiger charge is 2.23. The van der Waals surface area contributed by atoms with Gasteiger partial charge in [-0.05, 0) is 53.6 Å². The number of rotatable bonds is 2. The van der Waals surface area contributed by atoms with Gasteiger partial charge in [-0.2, -0.15) is 0 Å². The number of hydrogen-bond donors (Lipinski definition) is 1. The van der Waals surface area contributed by atoms with Crippen LogP contribution in [0, 0.1) is 3.57 Å². The smallest absolute Gasteiger partial charge is 0.319 e. The average Bonchev–Trinajstić information content (AvgIpc) is 2.42. The molecule has 1 aromatic rings. The second kappa shape index (κ2) is 6.85. The van der Waals surface area contributed by atoms with Gasteiger partial charge in [0.15, 0.2) is 0 Å². The SMILES string of the molecule is CN(C)C(=O)N1CCC(Nc2ccc(I)cc2Cl)CC1. The molecule has 6 heteroatoms. The third kappa shape index (κ3) is 3.91. The lowest BCUT2D eigenvalue weighted by Gasteiger charge is -2.34. The number of anilines is 1. The summed E-state index contributed by atoms with van der Waals surface area (Å²) in [4.78, 5) is 15.4. The predicted molar refractivity (Wildman–Crippen MR) is 91.5 cm³/mol. The molecule has 110 valence electrons. The highest BCUT2D eigenvalue weighted by atomic mass is 127. The van der Waals surface area contributed by atoms with Crippen LogP contribution in [0.5, 0.6) is 0 Å². The number of nitrogens with one attached hydrogen (secondary N) is 1. The number of hydrogen-bond acceptors (Lipinski definition) is 2. The first-order valence-electron chi connectivity index (χ1n) is 6.65. The molecular formula is C14H19ClIN3O. The maximum atomic E-state index is 11.9. The van der Waals surface area contributed by atoms with Crippen molar-refractivity contribution in [3.63, 3.8) is 0 Å². The summed E-state index contributed by atoms with van der Waals surface area (Å²) in [5, 5.41) is 4.23. The molecular weight excluding hydrogens is 389 g/mol. The maximum absolute atomic E-state index is 11.9. The third-order valence-electron chi connectivity index (χ3n) is 3.44. The van der Waals surface area contributed by atoms with E-state index >= 15 is 0 Å². The van der Waals surface area contributed by atoms with Crippen molar-refractivity contribution in [2.75, 3.05) is 32.5 Å². The number of nitrogens with zero attached hydrogens (tertiary/aromatic N) is 2. The number of halogens is 2. The first kappa shape index (κ1) is 15.7. The van der Waals surface area contributed by atoms with Gasteiger partial charge in [0.25, 0.3) is 0 Å². The van der Waals surface area contributed by atoms with Crippen molar-refractivity contribution in [3.05, 3.63) is 26.8 Å². The van der Waals surface area contributed by atoms with Gasteiger partial charge < -0.3 is 15.1 Å². The van der Waals surface area contributed by atoms with Gasteiger partial charge in [0.05, 0.1) is 10.7 Å².